The predicted molar refractivity (Wildman–Crippen MR) is 134 cm³/mol. The maximum absolute atomic E-state index is 12.6. The van der Waals surface area contributed by atoms with Crippen LogP contribution in [0.4, 0.5) is 5.69 Å². The first-order valence-corrected chi connectivity index (χ1v) is 12.3. The molecule has 7 nitrogen and oxygen atoms in total. The second-order valence-electron chi connectivity index (χ2n) is 6.73. The SMILES string of the molecule is CCOc1ccc(S(=O)(=O)Nc2ccc(C(=O)N/N=C/C(Br)=C/c3ccccc3)cc2)cc1. The molecular formula is C24H22BrN3O4S. The summed E-state index contributed by atoms with van der Waals surface area (Å²) in [5, 5.41) is 3.92. The number of carbonyl (C=O) groups is 1. The molecule has 170 valence electrons. The molecule has 0 aliphatic carbocycles. The highest BCUT2D eigenvalue weighted by molar-refractivity contribution is 9.12. The molecule has 0 aliphatic rings. The summed E-state index contributed by atoms with van der Waals surface area (Å²) in [4.78, 5) is 12.4. The van der Waals surface area contributed by atoms with E-state index in [2.05, 4.69) is 31.2 Å². The zero-order chi connectivity index (χ0) is 23.7. The van der Waals surface area contributed by atoms with E-state index in [1.807, 2.05) is 43.3 Å². The molecule has 0 aliphatic heterocycles. The summed E-state index contributed by atoms with van der Waals surface area (Å²) in [6, 6.07) is 21.8. The topological polar surface area (TPSA) is 96.9 Å². The molecule has 2 N–H and O–H groups in total. The van der Waals surface area contributed by atoms with Gasteiger partial charge in [-0.15, -0.1) is 0 Å². The Morgan fingerprint density at radius 3 is 2.30 bits per heavy atom. The average Bonchev–Trinajstić information content (AvgIpc) is 2.80. The van der Waals surface area contributed by atoms with Crippen LogP contribution in [0.1, 0.15) is 22.8 Å². The lowest BCUT2D eigenvalue weighted by Crippen LogP contribution is -2.17. The van der Waals surface area contributed by atoms with Crippen molar-refractivity contribution in [1.82, 2.24) is 5.43 Å². The summed E-state index contributed by atoms with van der Waals surface area (Å²) in [6.07, 6.45) is 3.34. The second kappa shape index (κ2) is 11.4. The number of sulfonamides is 1. The number of halogens is 1. The van der Waals surface area contributed by atoms with Crippen LogP contribution in [0.5, 0.6) is 5.75 Å². The number of nitrogens with zero attached hydrogens (tertiary/aromatic N) is 1. The normalized spacial score (nSPS) is 11.9. The molecule has 0 atom stereocenters. The van der Waals surface area contributed by atoms with Gasteiger partial charge in [0, 0.05) is 15.7 Å². The van der Waals surface area contributed by atoms with E-state index >= 15 is 0 Å². The van der Waals surface area contributed by atoms with E-state index in [1.54, 1.807) is 12.1 Å². The molecule has 0 spiro atoms. The van der Waals surface area contributed by atoms with Crippen LogP contribution < -0.4 is 14.9 Å². The Kier molecular flexibility index (Phi) is 8.39. The molecule has 9 heteroatoms. The first-order valence-electron chi connectivity index (χ1n) is 9.99. The van der Waals surface area contributed by atoms with Crippen LogP contribution in [0.15, 0.2) is 93.3 Å². The molecule has 0 bridgehead atoms. The van der Waals surface area contributed by atoms with Crippen LogP contribution in [0, 0.1) is 0 Å². The first kappa shape index (κ1) is 24.2. The zero-order valence-electron chi connectivity index (χ0n) is 17.7. The Labute approximate surface area is 201 Å². The van der Waals surface area contributed by atoms with E-state index in [1.165, 1.54) is 42.6 Å². The van der Waals surface area contributed by atoms with Crippen LogP contribution in [0.3, 0.4) is 0 Å². The number of hydrogen-bond donors (Lipinski definition) is 2. The molecule has 0 unspecified atom stereocenters. The number of carbonyl (C=O) groups excluding carboxylic acids is 1. The van der Waals surface area contributed by atoms with Crippen molar-refractivity contribution in [3.8, 4) is 5.75 Å². The van der Waals surface area contributed by atoms with Gasteiger partial charge in [-0.1, -0.05) is 30.3 Å². The standard InChI is InChI=1S/C24H22BrN3O4S/c1-2-32-22-12-14-23(15-13-22)33(30,31)28-21-10-8-19(9-11-21)24(29)27-26-17-20(25)16-18-6-4-3-5-7-18/h3-17,28H,2H2,1H3,(H,27,29)/b20-16-,26-17+. The Morgan fingerprint density at radius 1 is 1.00 bits per heavy atom. The average molecular weight is 528 g/mol. The van der Waals surface area contributed by atoms with E-state index in [-0.39, 0.29) is 4.90 Å². The van der Waals surface area contributed by atoms with Gasteiger partial charge in [0.1, 0.15) is 5.75 Å². The van der Waals surface area contributed by atoms with Crippen molar-refractivity contribution in [3.63, 3.8) is 0 Å². The fraction of sp³-hybridized carbons (Fsp3) is 0.0833. The van der Waals surface area contributed by atoms with Crippen LogP contribution in [-0.4, -0.2) is 27.1 Å². The van der Waals surface area contributed by atoms with Crippen molar-refractivity contribution in [2.24, 2.45) is 5.10 Å². The predicted octanol–water partition coefficient (Wildman–Crippen LogP) is 5.04. The molecular weight excluding hydrogens is 506 g/mol. The molecule has 0 heterocycles. The summed E-state index contributed by atoms with van der Waals surface area (Å²) in [7, 11) is -3.77. The summed E-state index contributed by atoms with van der Waals surface area (Å²) in [6.45, 7) is 2.35. The quantitative estimate of drug-likeness (QED) is 0.301. The number of anilines is 1. The maximum atomic E-state index is 12.6. The third-order valence-electron chi connectivity index (χ3n) is 4.30. The summed E-state index contributed by atoms with van der Waals surface area (Å²) in [5.74, 6) is 0.171. The smallest absolute Gasteiger partial charge is 0.271 e. The van der Waals surface area contributed by atoms with E-state index in [0.717, 1.165) is 5.56 Å². The van der Waals surface area contributed by atoms with Gasteiger partial charge in [0.15, 0.2) is 0 Å². The summed E-state index contributed by atoms with van der Waals surface area (Å²) < 4.78 is 33.6. The minimum atomic E-state index is -3.77. The number of hydrazone groups is 1. The molecule has 3 aromatic rings. The molecule has 33 heavy (non-hydrogen) atoms. The minimum absolute atomic E-state index is 0.108. The lowest BCUT2D eigenvalue weighted by Gasteiger charge is -2.09. The van der Waals surface area contributed by atoms with Crippen LogP contribution in [0.25, 0.3) is 6.08 Å². The van der Waals surface area contributed by atoms with E-state index in [9.17, 15) is 13.2 Å². The number of rotatable bonds is 9. The van der Waals surface area contributed by atoms with Crippen LogP contribution >= 0.6 is 15.9 Å². The summed E-state index contributed by atoms with van der Waals surface area (Å²) in [5.41, 5.74) is 4.09. The fourth-order valence-corrected chi connectivity index (χ4v) is 4.17. The van der Waals surface area contributed by atoms with Gasteiger partial charge in [0.05, 0.1) is 17.7 Å². The lowest BCUT2D eigenvalue weighted by molar-refractivity contribution is 0.0955. The minimum Gasteiger partial charge on any atom is -0.494 e. The van der Waals surface area contributed by atoms with E-state index in [4.69, 9.17) is 4.74 Å². The van der Waals surface area contributed by atoms with Crippen molar-refractivity contribution in [1.29, 1.82) is 0 Å². The van der Waals surface area contributed by atoms with Crippen molar-refractivity contribution in [2.75, 3.05) is 11.3 Å². The monoisotopic (exact) mass is 527 g/mol. The third-order valence-corrected chi connectivity index (χ3v) is 6.13. The highest BCUT2D eigenvalue weighted by atomic mass is 79.9. The van der Waals surface area contributed by atoms with Gasteiger partial charge in [-0.3, -0.25) is 9.52 Å². The number of amides is 1. The largest absolute Gasteiger partial charge is 0.494 e. The summed E-state index contributed by atoms with van der Waals surface area (Å²) >= 11 is 3.38. The molecule has 1 amide bonds. The Bertz CT molecular complexity index is 1240. The van der Waals surface area contributed by atoms with E-state index in [0.29, 0.717) is 28.1 Å². The third kappa shape index (κ3) is 7.30. The van der Waals surface area contributed by atoms with Crippen LogP contribution in [0.2, 0.25) is 0 Å². The molecule has 3 rings (SSSR count). The van der Waals surface area contributed by atoms with Crippen molar-refractivity contribution in [2.45, 2.75) is 11.8 Å². The molecule has 0 fully saturated rings. The fourth-order valence-electron chi connectivity index (χ4n) is 2.75. The molecule has 3 aromatic carbocycles. The molecule has 0 aromatic heterocycles. The van der Waals surface area contributed by atoms with Gasteiger partial charge in [-0.25, -0.2) is 13.8 Å². The van der Waals surface area contributed by atoms with Gasteiger partial charge >= 0.3 is 0 Å². The maximum Gasteiger partial charge on any atom is 0.271 e. The highest BCUT2D eigenvalue weighted by Crippen LogP contribution is 2.20. The second-order valence-corrected chi connectivity index (χ2v) is 9.32. The van der Waals surface area contributed by atoms with Gasteiger partial charge in [-0.2, -0.15) is 5.10 Å². The van der Waals surface area contributed by atoms with Crippen molar-refractivity contribution in [3.05, 3.63) is 94.5 Å². The number of allylic oxidation sites excluding steroid dienone is 1. The van der Waals surface area contributed by atoms with Gasteiger partial charge < -0.3 is 4.74 Å². The molecule has 0 radical (unpaired) electrons. The van der Waals surface area contributed by atoms with Gasteiger partial charge in [-0.05, 0) is 83.0 Å². The van der Waals surface area contributed by atoms with Crippen LogP contribution in [-0.2, 0) is 10.0 Å². The number of hydrogen-bond acceptors (Lipinski definition) is 5. The Morgan fingerprint density at radius 2 is 1.67 bits per heavy atom. The van der Waals surface area contributed by atoms with E-state index < -0.39 is 15.9 Å². The first-order chi connectivity index (χ1) is 15.9. The Hall–Kier alpha value is -3.43. The number of ether oxygens (including phenoxy) is 1. The molecule has 0 saturated carbocycles. The number of benzene rings is 3. The number of nitrogens with one attached hydrogen (secondary N) is 2. The highest BCUT2D eigenvalue weighted by Gasteiger charge is 2.14. The lowest BCUT2D eigenvalue weighted by atomic mass is 10.2. The zero-order valence-corrected chi connectivity index (χ0v) is 20.1. The van der Waals surface area contributed by atoms with Gasteiger partial charge in [0.25, 0.3) is 15.9 Å². The Balaban J connectivity index is 1.58. The van der Waals surface area contributed by atoms with Gasteiger partial charge in [0.2, 0.25) is 0 Å². The van der Waals surface area contributed by atoms with Crippen molar-refractivity contribution < 1.29 is 17.9 Å². The molecule has 0 saturated heterocycles. The van der Waals surface area contributed by atoms with Crippen molar-refractivity contribution >= 4 is 49.8 Å².